The number of rotatable bonds is 45. The lowest BCUT2D eigenvalue weighted by Gasteiger charge is -2.13. The van der Waals surface area contributed by atoms with Gasteiger partial charge in [0.25, 0.3) is 0 Å². The van der Waals surface area contributed by atoms with Crippen molar-refractivity contribution in [2.24, 2.45) is 0 Å². The predicted molar refractivity (Wildman–Crippen MR) is 221 cm³/mol. The molecule has 0 aliphatic carbocycles. The van der Waals surface area contributed by atoms with Gasteiger partial charge in [0.2, 0.25) is 0 Å². The van der Waals surface area contributed by atoms with E-state index in [1.165, 1.54) is 167 Å². The van der Waals surface area contributed by atoms with Crippen molar-refractivity contribution in [2.75, 3.05) is 26.4 Å². The van der Waals surface area contributed by atoms with Gasteiger partial charge in [-0.1, -0.05) is 219 Å². The highest BCUT2D eigenvalue weighted by Gasteiger charge is 2.21. The monoisotopic (exact) mass is 783 g/mol. The van der Waals surface area contributed by atoms with Gasteiger partial charge >= 0.3 is 15.6 Å². The van der Waals surface area contributed by atoms with Crippen LogP contribution in [0, 0.1) is 0 Å². The number of phosphoric acid groups is 2. The molecule has 2 atom stereocenters. The van der Waals surface area contributed by atoms with Crippen LogP contribution in [0.5, 0.6) is 0 Å². The van der Waals surface area contributed by atoms with E-state index < -0.39 is 15.6 Å². The lowest BCUT2D eigenvalue weighted by atomic mass is 10.0. The molecule has 0 aliphatic rings. The number of unbranched alkanes of at least 4 members (excludes halogenated alkanes) is 33. The quantitative estimate of drug-likeness (QED) is 0.0464. The lowest BCUT2D eigenvalue weighted by Crippen LogP contribution is -2.00. The van der Waals surface area contributed by atoms with Crippen LogP contribution in [-0.2, 0) is 27.2 Å². The van der Waals surface area contributed by atoms with E-state index in [1.807, 2.05) is 0 Å². The molecule has 10 heteroatoms. The van der Waals surface area contributed by atoms with E-state index in [0.717, 1.165) is 51.4 Å². The summed E-state index contributed by atoms with van der Waals surface area (Å²) in [7, 11) is -8.02. The van der Waals surface area contributed by atoms with Crippen molar-refractivity contribution < 1.29 is 37.0 Å². The molecule has 52 heavy (non-hydrogen) atoms. The average molecular weight is 783 g/mol. The summed E-state index contributed by atoms with van der Waals surface area (Å²) in [5, 5.41) is 0. The van der Waals surface area contributed by atoms with Crippen molar-refractivity contribution in [2.45, 2.75) is 245 Å². The van der Waals surface area contributed by atoms with E-state index in [-0.39, 0.29) is 26.4 Å². The van der Waals surface area contributed by atoms with Crippen LogP contribution in [0.1, 0.15) is 245 Å². The zero-order chi connectivity index (χ0) is 38.1. The third kappa shape index (κ3) is 43.0. The summed E-state index contributed by atoms with van der Waals surface area (Å²) in [5.74, 6) is 0. The summed E-state index contributed by atoms with van der Waals surface area (Å²) < 4.78 is 44.6. The fourth-order valence-corrected chi connectivity index (χ4v) is 8.24. The van der Waals surface area contributed by atoms with E-state index in [4.69, 9.17) is 18.1 Å². The second kappa shape index (κ2) is 40.9. The van der Waals surface area contributed by atoms with Gasteiger partial charge in [0.1, 0.15) is 0 Å². The lowest BCUT2D eigenvalue weighted by molar-refractivity contribution is 0.139. The molecule has 0 saturated carbocycles. The highest BCUT2D eigenvalue weighted by atomic mass is 31.2. The van der Waals surface area contributed by atoms with E-state index in [0.29, 0.717) is 12.8 Å². The molecule has 0 aromatic rings. The van der Waals surface area contributed by atoms with Crippen LogP contribution in [0.15, 0.2) is 0 Å². The maximum atomic E-state index is 12.1. The van der Waals surface area contributed by atoms with Crippen LogP contribution in [0.4, 0.5) is 0 Å². The molecule has 2 N–H and O–H groups in total. The van der Waals surface area contributed by atoms with E-state index in [1.54, 1.807) is 0 Å². The van der Waals surface area contributed by atoms with Crippen LogP contribution in [0.25, 0.3) is 0 Å². The Bertz CT molecular complexity index is 736. The fraction of sp³-hybridized carbons (Fsp3) is 1.00. The first kappa shape index (κ1) is 52.2. The first-order chi connectivity index (χ1) is 25.3. The summed E-state index contributed by atoms with van der Waals surface area (Å²) in [4.78, 5) is 19.8. The molecule has 0 aliphatic heterocycles. The minimum Gasteiger partial charge on any atom is -0.302 e. The Labute approximate surface area is 323 Å². The second-order valence-corrected chi connectivity index (χ2v) is 18.2. The predicted octanol–water partition coefficient (Wildman–Crippen LogP) is 15.3. The van der Waals surface area contributed by atoms with E-state index in [2.05, 4.69) is 13.8 Å². The molecule has 0 rings (SSSR count). The van der Waals surface area contributed by atoms with Gasteiger partial charge < -0.3 is 9.79 Å². The Morgan fingerprint density at radius 2 is 0.404 bits per heavy atom. The van der Waals surface area contributed by atoms with Gasteiger partial charge in [-0.25, -0.2) is 9.13 Å². The third-order valence-corrected chi connectivity index (χ3v) is 12.1. The topological polar surface area (TPSA) is 112 Å². The Balaban J connectivity index is 3.43. The van der Waals surface area contributed by atoms with Gasteiger partial charge in [-0.3, -0.25) is 18.1 Å². The molecule has 0 spiro atoms. The Kier molecular flexibility index (Phi) is 41.0. The minimum atomic E-state index is -4.01. The van der Waals surface area contributed by atoms with Crippen LogP contribution < -0.4 is 0 Å². The van der Waals surface area contributed by atoms with Gasteiger partial charge in [-0.2, -0.15) is 0 Å². The van der Waals surface area contributed by atoms with Gasteiger partial charge in [-0.05, 0) is 25.7 Å². The van der Waals surface area contributed by atoms with Gasteiger partial charge in [0.05, 0.1) is 26.4 Å². The van der Waals surface area contributed by atoms with Gasteiger partial charge in [-0.15, -0.1) is 0 Å². The molecule has 0 aromatic heterocycles. The first-order valence-corrected chi connectivity index (χ1v) is 25.6. The van der Waals surface area contributed by atoms with E-state index >= 15 is 0 Å². The van der Waals surface area contributed by atoms with Gasteiger partial charge in [0.15, 0.2) is 0 Å². The van der Waals surface area contributed by atoms with Crippen LogP contribution in [-0.4, -0.2) is 36.2 Å². The summed E-state index contributed by atoms with van der Waals surface area (Å²) in [6.45, 7) is 5.32. The van der Waals surface area contributed by atoms with Crippen LogP contribution in [0.3, 0.4) is 0 Å². The summed E-state index contributed by atoms with van der Waals surface area (Å²) >= 11 is 0. The molecule has 0 bridgehead atoms. The third-order valence-electron chi connectivity index (χ3n) is 10.1. The van der Waals surface area contributed by atoms with Crippen molar-refractivity contribution in [3.8, 4) is 0 Å². The van der Waals surface area contributed by atoms with Crippen molar-refractivity contribution in [1.82, 2.24) is 0 Å². The Morgan fingerprint density at radius 1 is 0.269 bits per heavy atom. The van der Waals surface area contributed by atoms with Gasteiger partial charge in [0, 0.05) is 0 Å². The fourth-order valence-electron chi connectivity index (χ4n) is 6.65. The number of hydrogen-bond acceptors (Lipinski definition) is 6. The van der Waals surface area contributed by atoms with E-state index in [9.17, 15) is 18.9 Å². The molecule has 0 amide bonds. The second-order valence-electron chi connectivity index (χ2n) is 15.3. The molecule has 0 radical (unpaired) electrons. The smallest absolute Gasteiger partial charge is 0.302 e. The van der Waals surface area contributed by atoms with Crippen molar-refractivity contribution in [1.29, 1.82) is 0 Å². The summed E-state index contributed by atoms with van der Waals surface area (Å²) in [6.07, 6.45) is 43.9. The first-order valence-electron chi connectivity index (χ1n) is 22.6. The maximum Gasteiger partial charge on any atom is 0.472 e. The Hall–Kier alpha value is 0.220. The van der Waals surface area contributed by atoms with Crippen LogP contribution in [0.2, 0.25) is 0 Å². The molecule has 8 nitrogen and oxygen atoms in total. The average Bonchev–Trinajstić information content (AvgIpc) is 3.12. The molecule has 314 valence electrons. The zero-order valence-corrected chi connectivity index (χ0v) is 36.3. The highest BCUT2D eigenvalue weighted by molar-refractivity contribution is 7.47. The molecular weight excluding hydrogens is 694 g/mol. The molecule has 0 fully saturated rings. The summed E-state index contributed by atoms with van der Waals surface area (Å²) in [5.41, 5.74) is 0. The summed E-state index contributed by atoms with van der Waals surface area (Å²) in [6, 6.07) is 0. The van der Waals surface area contributed by atoms with Crippen molar-refractivity contribution in [3.63, 3.8) is 0 Å². The Morgan fingerprint density at radius 3 is 0.558 bits per heavy atom. The molecule has 0 heterocycles. The van der Waals surface area contributed by atoms with Crippen LogP contribution >= 0.6 is 15.6 Å². The number of phosphoric ester groups is 2. The zero-order valence-electron chi connectivity index (χ0n) is 34.5. The molecular formula is C42H88O8P2. The SMILES string of the molecule is CCCCCCCCCCCCCCCCCCOP(=O)(O)OCCCCCCOP(=O)(O)OCCCCCCCCCCCCCCCCCC. The molecule has 0 aromatic carbocycles. The largest absolute Gasteiger partial charge is 0.472 e. The van der Waals surface area contributed by atoms with Crippen molar-refractivity contribution in [3.05, 3.63) is 0 Å². The minimum absolute atomic E-state index is 0.147. The number of hydrogen-bond donors (Lipinski definition) is 2. The molecule has 0 saturated heterocycles. The molecule has 2 unspecified atom stereocenters. The van der Waals surface area contributed by atoms with Crippen molar-refractivity contribution >= 4 is 15.6 Å². The maximum absolute atomic E-state index is 12.1. The highest BCUT2D eigenvalue weighted by Crippen LogP contribution is 2.44. The standard InChI is InChI=1S/C42H88O8P2/c1-3-5-7-9-11-13-15-17-19-21-23-25-27-29-31-35-39-47-51(43,44)49-41-37-33-34-38-42-50-52(45,46)48-40-36-32-30-28-26-24-22-20-18-16-14-12-10-8-6-4-2/h3-42H2,1-2H3,(H,43,44)(H,45,46). The normalized spacial score (nSPS) is 14.2.